The van der Waals surface area contributed by atoms with E-state index in [1.165, 1.54) is 5.56 Å². The number of aryl methyl sites for hydroxylation is 1. The lowest BCUT2D eigenvalue weighted by Crippen LogP contribution is -2.49. The summed E-state index contributed by atoms with van der Waals surface area (Å²) in [5.41, 5.74) is 9.05. The summed E-state index contributed by atoms with van der Waals surface area (Å²) in [6.45, 7) is 2.10. The average Bonchev–Trinajstić information content (AvgIpc) is 3.16. The third-order valence-electron chi connectivity index (χ3n) is 6.17. The van der Waals surface area contributed by atoms with Gasteiger partial charge in [0.2, 0.25) is 0 Å². The number of hydrogen-bond donors (Lipinski definition) is 1. The Bertz CT molecular complexity index is 1290. The fourth-order valence-electron chi connectivity index (χ4n) is 3.92. The van der Waals surface area contributed by atoms with E-state index in [-0.39, 0.29) is 5.91 Å². The first-order valence-corrected chi connectivity index (χ1v) is 9.90. The highest BCUT2D eigenvalue weighted by molar-refractivity contribution is 6.60. The van der Waals surface area contributed by atoms with Crippen LogP contribution >= 0.6 is 0 Å². The molecule has 4 rings (SSSR count). The number of carbonyl (C=O) groups excluding carboxylic acids is 1. The number of nitrogens with one attached hydrogen (secondary N) is 1. The summed E-state index contributed by atoms with van der Waals surface area (Å²) in [5, 5.41) is 12.3. The SMILES string of the molecule is Bc1c(B)c(C(=O)Nc2cc3cc(-c4cncn4C)ccc3nn2)c(B)c(B)c1C. The molecule has 2 aromatic heterocycles. The Morgan fingerprint density at radius 1 is 1.00 bits per heavy atom. The maximum atomic E-state index is 13.1. The van der Waals surface area contributed by atoms with E-state index >= 15 is 0 Å². The highest BCUT2D eigenvalue weighted by atomic mass is 16.1. The summed E-state index contributed by atoms with van der Waals surface area (Å²) in [6.07, 6.45) is 3.60. The van der Waals surface area contributed by atoms with Gasteiger partial charge in [-0.05, 0) is 25.1 Å². The first-order chi connectivity index (χ1) is 14.3. The van der Waals surface area contributed by atoms with Crippen molar-refractivity contribution in [2.75, 3.05) is 5.32 Å². The number of carbonyl (C=O) groups is 1. The highest BCUT2D eigenvalue weighted by Crippen LogP contribution is 2.24. The Morgan fingerprint density at radius 2 is 1.70 bits per heavy atom. The minimum atomic E-state index is -0.160. The Kier molecular flexibility index (Phi) is 5.02. The lowest BCUT2D eigenvalue weighted by atomic mass is 9.64. The van der Waals surface area contributed by atoms with E-state index in [0.29, 0.717) is 11.4 Å². The number of fused-ring (bicyclic) bond motifs is 1. The van der Waals surface area contributed by atoms with Gasteiger partial charge in [-0.3, -0.25) is 4.79 Å². The first-order valence-electron chi connectivity index (χ1n) is 9.90. The number of hydrogen-bond acceptors (Lipinski definition) is 4. The van der Waals surface area contributed by atoms with Crippen LogP contribution in [-0.4, -0.2) is 57.0 Å². The molecule has 30 heavy (non-hydrogen) atoms. The Morgan fingerprint density at radius 3 is 2.33 bits per heavy atom. The lowest BCUT2D eigenvalue weighted by molar-refractivity contribution is 0.102. The molecule has 6 nitrogen and oxygen atoms in total. The number of aromatic nitrogens is 4. The number of benzene rings is 2. The van der Waals surface area contributed by atoms with Gasteiger partial charge in [-0.1, -0.05) is 33.5 Å². The molecule has 0 aliphatic heterocycles. The summed E-state index contributed by atoms with van der Waals surface area (Å²) in [7, 11) is 10.1. The van der Waals surface area contributed by atoms with Gasteiger partial charge >= 0.3 is 0 Å². The van der Waals surface area contributed by atoms with Crippen LogP contribution in [0.1, 0.15) is 15.9 Å². The van der Waals surface area contributed by atoms with Crippen LogP contribution in [0.2, 0.25) is 0 Å². The largest absolute Gasteiger partial charge is 0.334 e. The van der Waals surface area contributed by atoms with Crippen LogP contribution in [0.5, 0.6) is 0 Å². The summed E-state index contributed by atoms with van der Waals surface area (Å²) in [4.78, 5) is 17.3. The van der Waals surface area contributed by atoms with E-state index in [9.17, 15) is 4.79 Å². The van der Waals surface area contributed by atoms with E-state index in [2.05, 4.69) is 43.1 Å². The minimum Gasteiger partial charge on any atom is -0.334 e. The molecule has 0 bridgehead atoms. The molecule has 0 spiro atoms. The highest BCUT2D eigenvalue weighted by Gasteiger charge is 2.18. The van der Waals surface area contributed by atoms with Crippen molar-refractivity contribution in [2.24, 2.45) is 7.05 Å². The van der Waals surface area contributed by atoms with Crippen molar-refractivity contribution in [1.82, 2.24) is 19.7 Å². The summed E-state index contributed by atoms with van der Waals surface area (Å²) >= 11 is 0. The molecule has 0 unspecified atom stereocenters. The standard InChI is InChI=1S/C20H21B4N5O/c1-9-16(21)18(23)15(19(24)17(9)22)20(30)26-14-6-11-5-10(3-4-12(11)27-28-14)13-7-25-8-29(13)2/h3-8H,21-24H2,1-2H3,(H,26,28,30). The smallest absolute Gasteiger partial charge is 0.255 e. The quantitative estimate of drug-likeness (QED) is 0.371. The summed E-state index contributed by atoms with van der Waals surface area (Å²) in [5.74, 6) is 0.275. The number of nitrogens with zero attached hydrogens (tertiary/aromatic N) is 4. The number of imidazole rings is 1. The van der Waals surface area contributed by atoms with Crippen molar-refractivity contribution in [3.63, 3.8) is 0 Å². The molecule has 2 aromatic carbocycles. The van der Waals surface area contributed by atoms with Gasteiger partial charge in [0.15, 0.2) is 5.82 Å². The zero-order valence-electron chi connectivity index (χ0n) is 18.2. The van der Waals surface area contributed by atoms with Crippen molar-refractivity contribution in [3.05, 3.63) is 47.9 Å². The van der Waals surface area contributed by atoms with Crippen LogP contribution in [0.25, 0.3) is 22.2 Å². The van der Waals surface area contributed by atoms with Crippen LogP contribution in [0.4, 0.5) is 5.82 Å². The van der Waals surface area contributed by atoms with Crippen molar-refractivity contribution in [1.29, 1.82) is 0 Å². The minimum absolute atomic E-state index is 0.160. The van der Waals surface area contributed by atoms with Crippen molar-refractivity contribution >= 4 is 75.9 Å². The average molecular weight is 391 g/mol. The fraction of sp³-hybridized carbons (Fsp3) is 0.100. The summed E-state index contributed by atoms with van der Waals surface area (Å²) in [6, 6.07) is 7.82. The molecule has 1 amide bonds. The van der Waals surface area contributed by atoms with Crippen LogP contribution < -0.4 is 27.2 Å². The molecule has 0 fully saturated rings. The van der Waals surface area contributed by atoms with E-state index < -0.39 is 0 Å². The molecule has 2 heterocycles. The molecule has 0 saturated carbocycles. The van der Waals surface area contributed by atoms with Gasteiger partial charge in [0.05, 0.1) is 23.7 Å². The molecule has 0 atom stereocenters. The Balaban J connectivity index is 1.71. The number of anilines is 1. The lowest BCUT2D eigenvalue weighted by Gasteiger charge is -2.19. The molecule has 0 aliphatic rings. The molecule has 4 aromatic rings. The van der Waals surface area contributed by atoms with E-state index in [1.54, 1.807) is 6.33 Å². The van der Waals surface area contributed by atoms with Gasteiger partial charge in [-0.15, -0.1) is 10.2 Å². The molecular formula is C20H21B4N5O. The van der Waals surface area contributed by atoms with E-state index in [1.807, 2.05) is 57.8 Å². The normalized spacial score (nSPS) is 11.0. The Labute approximate surface area is 179 Å². The third-order valence-corrected chi connectivity index (χ3v) is 6.17. The van der Waals surface area contributed by atoms with Gasteiger partial charge in [0, 0.05) is 23.6 Å². The molecule has 0 radical (unpaired) electrons. The van der Waals surface area contributed by atoms with E-state index in [4.69, 9.17) is 0 Å². The topological polar surface area (TPSA) is 72.7 Å². The molecule has 0 saturated heterocycles. The molecule has 10 heteroatoms. The number of rotatable bonds is 3. The van der Waals surface area contributed by atoms with E-state index in [0.717, 1.165) is 44.0 Å². The maximum Gasteiger partial charge on any atom is 0.255 e. The predicted octanol–water partition coefficient (Wildman–Crippen LogP) is -3.38. The molecular weight excluding hydrogens is 370 g/mol. The second-order valence-corrected chi connectivity index (χ2v) is 7.85. The number of amides is 1. The third kappa shape index (κ3) is 3.32. The van der Waals surface area contributed by atoms with Crippen molar-refractivity contribution < 1.29 is 4.79 Å². The van der Waals surface area contributed by atoms with Crippen molar-refractivity contribution in [3.8, 4) is 11.3 Å². The van der Waals surface area contributed by atoms with Gasteiger partial charge in [0.1, 0.15) is 31.4 Å². The van der Waals surface area contributed by atoms with Crippen LogP contribution in [0.15, 0.2) is 36.8 Å². The molecule has 144 valence electrons. The van der Waals surface area contributed by atoms with Crippen LogP contribution in [0.3, 0.4) is 0 Å². The second kappa shape index (κ2) is 7.52. The Hall–Kier alpha value is -3.28. The zero-order chi connectivity index (χ0) is 21.6. The zero-order valence-corrected chi connectivity index (χ0v) is 18.2. The fourth-order valence-corrected chi connectivity index (χ4v) is 3.92. The van der Waals surface area contributed by atoms with Gasteiger partial charge < -0.3 is 9.88 Å². The first kappa shape index (κ1) is 20.0. The van der Waals surface area contributed by atoms with Crippen LogP contribution in [0, 0.1) is 6.92 Å². The second-order valence-electron chi connectivity index (χ2n) is 7.85. The van der Waals surface area contributed by atoms with Gasteiger partial charge in [-0.25, -0.2) is 4.98 Å². The van der Waals surface area contributed by atoms with Gasteiger partial charge in [-0.2, -0.15) is 0 Å². The maximum absolute atomic E-state index is 13.1. The molecule has 0 aliphatic carbocycles. The van der Waals surface area contributed by atoms with Gasteiger partial charge in [0.25, 0.3) is 5.91 Å². The van der Waals surface area contributed by atoms with Crippen molar-refractivity contribution in [2.45, 2.75) is 6.92 Å². The monoisotopic (exact) mass is 391 g/mol. The molecule has 1 N–H and O–H groups in total. The predicted molar refractivity (Wildman–Crippen MR) is 134 cm³/mol. The summed E-state index contributed by atoms with van der Waals surface area (Å²) < 4.78 is 1.96. The van der Waals surface area contributed by atoms with Crippen LogP contribution in [-0.2, 0) is 7.05 Å².